The number of aliphatic hydroxyl groups excluding tert-OH is 1. The van der Waals surface area contributed by atoms with Crippen molar-refractivity contribution in [3.8, 4) is 11.3 Å². The summed E-state index contributed by atoms with van der Waals surface area (Å²) < 4.78 is 4.34. The fraction of sp³-hybridized carbons (Fsp3) is 0.425. The summed E-state index contributed by atoms with van der Waals surface area (Å²) in [7, 11) is 0. The summed E-state index contributed by atoms with van der Waals surface area (Å²) in [6.45, 7) is 12.7. The predicted molar refractivity (Wildman–Crippen MR) is 201 cm³/mol. The van der Waals surface area contributed by atoms with Crippen LogP contribution in [0.1, 0.15) is 72.8 Å². The number of hydrogen-bond donors (Lipinski definition) is 1. The second-order valence-electron chi connectivity index (χ2n) is 13.8. The number of carbonyl (C=O) groups excluding carboxylic acids is 1. The monoisotopic (exact) mass is 938 g/mol. The number of ketones is 1. The van der Waals surface area contributed by atoms with E-state index < -0.39 is 13.3 Å². The van der Waals surface area contributed by atoms with Gasteiger partial charge in [-0.2, -0.15) is 0 Å². The molecule has 7 heteroatoms. The Bertz CT molecular complexity index is 1830. The van der Waals surface area contributed by atoms with Gasteiger partial charge in [0.15, 0.2) is 5.78 Å². The number of carbonyl (C=O) groups is 1. The second kappa shape index (κ2) is 17.5. The molecule has 47 heavy (non-hydrogen) atoms. The summed E-state index contributed by atoms with van der Waals surface area (Å²) in [4.78, 5) is 21.3. The molecule has 3 aromatic carbocycles. The van der Waals surface area contributed by atoms with Crippen molar-refractivity contribution in [3.63, 3.8) is 0 Å². The SMILES string of the molecule is CC(C)Cc1cccc2c1[se]c1c(-c3[c-]c4ccccc4[c]([Ge]([CH3])([CH3])[CH3])c3)ncnc12.CCC(CC)C(=O)/C=C(\O)C(CC)CC.[Ir]. The number of rotatable bonds is 11. The van der Waals surface area contributed by atoms with Gasteiger partial charge in [0.05, 0.1) is 5.76 Å². The van der Waals surface area contributed by atoms with Crippen molar-refractivity contribution in [2.24, 2.45) is 17.8 Å². The van der Waals surface area contributed by atoms with Crippen LogP contribution in [0.4, 0.5) is 0 Å². The largest absolute Gasteiger partial charge is 0.512 e. The van der Waals surface area contributed by atoms with Crippen molar-refractivity contribution in [2.45, 2.75) is 90.9 Å². The number of hydrogen-bond acceptors (Lipinski definition) is 4. The van der Waals surface area contributed by atoms with Crippen molar-refractivity contribution in [1.82, 2.24) is 9.97 Å². The Morgan fingerprint density at radius 2 is 1.53 bits per heavy atom. The molecule has 2 heterocycles. The van der Waals surface area contributed by atoms with E-state index in [0.29, 0.717) is 5.92 Å². The van der Waals surface area contributed by atoms with Crippen LogP contribution >= 0.6 is 0 Å². The van der Waals surface area contributed by atoms with Crippen molar-refractivity contribution < 1.29 is 30.0 Å². The van der Waals surface area contributed by atoms with Gasteiger partial charge in [0.25, 0.3) is 0 Å². The van der Waals surface area contributed by atoms with E-state index in [-0.39, 0.29) is 58.0 Å². The maximum atomic E-state index is 11.7. The fourth-order valence-electron chi connectivity index (χ4n) is 6.21. The summed E-state index contributed by atoms with van der Waals surface area (Å²) in [5.74, 6) is 8.59. The quantitative estimate of drug-likeness (QED) is 0.0621. The van der Waals surface area contributed by atoms with Crippen LogP contribution in [-0.2, 0) is 31.3 Å². The Kier molecular flexibility index (Phi) is 14.7. The topological polar surface area (TPSA) is 63.1 Å². The third-order valence-corrected chi connectivity index (χ3v) is 15.8. The number of aromatic nitrogens is 2. The smallest absolute Gasteiger partial charge is 0.162 e. The average Bonchev–Trinajstić information content (AvgIpc) is 3.41. The molecule has 4 nitrogen and oxygen atoms in total. The van der Waals surface area contributed by atoms with E-state index in [2.05, 4.69) is 85.7 Å². The Labute approximate surface area is 304 Å². The molecular weight excluding hydrogens is 884 g/mol. The van der Waals surface area contributed by atoms with Crippen molar-refractivity contribution >= 4 is 68.1 Å². The van der Waals surface area contributed by atoms with Gasteiger partial charge < -0.3 is 5.11 Å². The van der Waals surface area contributed by atoms with Gasteiger partial charge in [0.2, 0.25) is 0 Å². The number of aliphatic hydroxyl groups is 1. The molecule has 5 rings (SSSR count). The molecule has 0 aliphatic heterocycles. The maximum Gasteiger partial charge on any atom is 0.162 e. The summed E-state index contributed by atoms with van der Waals surface area (Å²) in [5, 5.41) is 13.6. The van der Waals surface area contributed by atoms with E-state index in [9.17, 15) is 9.90 Å². The molecule has 0 unspecified atom stereocenters. The molecule has 2 aromatic heterocycles. The van der Waals surface area contributed by atoms with Crippen LogP contribution in [0.3, 0.4) is 0 Å². The molecule has 0 fully saturated rings. The molecule has 0 spiro atoms. The zero-order chi connectivity index (χ0) is 33.6. The third-order valence-electron chi connectivity index (χ3n) is 8.91. The molecule has 0 bridgehead atoms. The molecule has 1 N–H and O–H groups in total. The van der Waals surface area contributed by atoms with E-state index >= 15 is 0 Å². The van der Waals surface area contributed by atoms with Gasteiger partial charge >= 0.3 is 194 Å². The maximum absolute atomic E-state index is 11.7. The summed E-state index contributed by atoms with van der Waals surface area (Å²) >= 11 is -1.87. The third kappa shape index (κ3) is 9.34. The van der Waals surface area contributed by atoms with Gasteiger partial charge in [0.1, 0.15) is 0 Å². The Morgan fingerprint density at radius 3 is 2.15 bits per heavy atom. The first kappa shape index (κ1) is 39.4. The standard InChI is InChI=1S/C27H27GeN2Se.C13H24O2.Ir/c1-17(2)13-19-10-8-12-22-25-27(31-26(19)22)24(29-16-30-25)20-14-18-9-6-7-11-21(18)23(15-20)28(3,4)5;1-5-10(6-2)12(14)9-13(15)11(7-3)8-4;/h6-12,15-17H,13H2,1-5H3;9-11,14H,5-8H2,1-4H3;/q-1;;/b;12-9-;. The van der Waals surface area contributed by atoms with Crippen LogP contribution < -0.4 is 4.40 Å². The van der Waals surface area contributed by atoms with E-state index in [1.54, 1.807) is 6.33 Å². The minimum Gasteiger partial charge on any atom is -0.512 e. The van der Waals surface area contributed by atoms with Crippen LogP contribution in [0.2, 0.25) is 17.3 Å². The second-order valence-corrected chi connectivity index (χ2v) is 26.5. The average molecular weight is 936 g/mol. The van der Waals surface area contributed by atoms with Crippen molar-refractivity contribution in [2.75, 3.05) is 0 Å². The van der Waals surface area contributed by atoms with E-state index in [4.69, 9.17) is 9.97 Å². The van der Waals surface area contributed by atoms with Gasteiger partial charge in [-0.15, -0.1) is 0 Å². The Balaban J connectivity index is 0.000000322. The minimum absolute atomic E-state index is 0. The Morgan fingerprint density at radius 1 is 0.894 bits per heavy atom. The van der Waals surface area contributed by atoms with Crippen molar-refractivity contribution in [3.05, 3.63) is 78.3 Å². The summed E-state index contributed by atoms with van der Waals surface area (Å²) in [6, 6.07) is 21.5. The van der Waals surface area contributed by atoms with Gasteiger partial charge in [0, 0.05) is 38.0 Å². The molecule has 0 saturated carbocycles. The first-order chi connectivity index (χ1) is 21.9. The zero-order valence-electron chi connectivity index (χ0n) is 29.5. The number of nitrogens with zero attached hydrogens (tertiary/aromatic N) is 2. The van der Waals surface area contributed by atoms with Crippen LogP contribution in [0.25, 0.3) is 41.5 Å². The van der Waals surface area contributed by atoms with Crippen LogP contribution in [-0.4, -0.2) is 48.6 Å². The number of benzene rings is 3. The molecule has 0 aliphatic carbocycles. The molecular formula is C40H51GeIrN2O2Se-. The summed E-state index contributed by atoms with van der Waals surface area (Å²) in [5.41, 5.74) is 4.82. The van der Waals surface area contributed by atoms with Crippen LogP contribution in [0, 0.1) is 23.8 Å². The molecule has 253 valence electrons. The zero-order valence-corrected chi connectivity index (χ0v) is 35.7. The van der Waals surface area contributed by atoms with E-state index in [1.165, 1.54) is 40.7 Å². The molecule has 0 atom stereocenters. The van der Waals surface area contributed by atoms with Gasteiger partial charge in [-0.1, -0.05) is 27.7 Å². The van der Waals surface area contributed by atoms with Crippen molar-refractivity contribution in [1.29, 1.82) is 0 Å². The normalized spacial score (nSPS) is 12.2. The molecule has 5 aromatic rings. The van der Waals surface area contributed by atoms with E-state index in [0.717, 1.165) is 48.9 Å². The van der Waals surface area contributed by atoms with Gasteiger partial charge in [-0.25, -0.2) is 0 Å². The molecule has 0 amide bonds. The first-order valence-corrected chi connectivity index (χ1v) is 26.0. The fourth-order valence-corrected chi connectivity index (χ4v) is 12.3. The van der Waals surface area contributed by atoms with E-state index in [1.807, 2.05) is 27.7 Å². The minimum atomic E-state index is -2.09. The number of fused-ring (bicyclic) bond motifs is 4. The first-order valence-electron chi connectivity index (χ1n) is 17.0. The Hall–Kier alpha value is -2.08. The van der Waals surface area contributed by atoms with Gasteiger partial charge in [-0.3, -0.25) is 4.79 Å². The molecule has 1 radical (unpaired) electrons. The number of allylic oxidation sites excluding steroid dienone is 2. The summed E-state index contributed by atoms with van der Waals surface area (Å²) in [6.07, 6.45) is 7.77. The van der Waals surface area contributed by atoms with Crippen LogP contribution in [0.5, 0.6) is 0 Å². The van der Waals surface area contributed by atoms with Crippen LogP contribution in [0.15, 0.2) is 66.7 Å². The molecule has 0 aliphatic rings. The predicted octanol–water partition coefficient (Wildman–Crippen LogP) is 10.1. The van der Waals surface area contributed by atoms with Gasteiger partial charge in [-0.05, 0) is 25.7 Å². The molecule has 0 saturated heterocycles.